The van der Waals surface area contributed by atoms with E-state index in [0.717, 1.165) is 31.7 Å². The van der Waals surface area contributed by atoms with E-state index in [2.05, 4.69) is 0 Å². The van der Waals surface area contributed by atoms with Crippen LogP contribution >= 0.6 is 11.6 Å². The Kier molecular flexibility index (Phi) is 4.41. The van der Waals surface area contributed by atoms with Gasteiger partial charge < -0.3 is 5.73 Å². The van der Waals surface area contributed by atoms with Crippen LogP contribution in [0.2, 0.25) is 5.02 Å². The Morgan fingerprint density at radius 2 is 1.79 bits per heavy atom. The summed E-state index contributed by atoms with van der Waals surface area (Å²) < 4.78 is 38.4. The average molecular weight is 292 g/mol. The van der Waals surface area contributed by atoms with Crippen molar-refractivity contribution in [3.8, 4) is 0 Å². The molecule has 1 nitrogen and oxygen atoms in total. The highest BCUT2D eigenvalue weighted by molar-refractivity contribution is 6.31. The summed E-state index contributed by atoms with van der Waals surface area (Å²) in [7, 11) is 0. The number of hydrogen-bond donors (Lipinski definition) is 1. The van der Waals surface area contributed by atoms with Gasteiger partial charge in [0.15, 0.2) is 0 Å². The zero-order valence-corrected chi connectivity index (χ0v) is 11.3. The second-order valence-corrected chi connectivity index (χ2v) is 5.57. The molecule has 1 aliphatic rings. The molecule has 0 heterocycles. The Morgan fingerprint density at radius 3 is 2.37 bits per heavy atom. The zero-order chi connectivity index (χ0) is 14.0. The van der Waals surface area contributed by atoms with Crippen LogP contribution in [0.4, 0.5) is 13.2 Å². The van der Waals surface area contributed by atoms with Gasteiger partial charge in [-0.15, -0.1) is 0 Å². The number of halogens is 4. The quantitative estimate of drug-likeness (QED) is 0.820. The number of nitrogens with two attached hydrogens (primary N) is 1. The van der Waals surface area contributed by atoms with Crippen molar-refractivity contribution in [2.45, 2.75) is 44.3 Å². The van der Waals surface area contributed by atoms with Crippen molar-refractivity contribution in [2.24, 2.45) is 11.7 Å². The Balaban J connectivity index is 2.24. The van der Waals surface area contributed by atoms with E-state index in [1.807, 2.05) is 0 Å². The van der Waals surface area contributed by atoms with E-state index in [4.69, 9.17) is 17.3 Å². The summed E-state index contributed by atoms with van der Waals surface area (Å²) in [5.74, 6) is 0.274. The lowest BCUT2D eigenvalue weighted by Crippen LogP contribution is -2.24. The van der Waals surface area contributed by atoms with Crippen molar-refractivity contribution in [3.05, 3.63) is 34.3 Å². The highest BCUT2D eigenvalue weighted by atomic mass is 35.5. The summed E-state index contributed by atoms with van der Waals surface area (Å²) >= 11 is 5.61. The molecule has 106 valence electrons. The Bertz CT molecular complexity index is 439. The molecule has 0 aliphatic heterocycles. The summed E-state index contributed by atoms with van der Waals surface area (Å²) in [4.78, 5) is 0. The van der Waals surface area contributed by atoms with E-state index in [0.29, 0.717) is 5.56 Å². The van der Waals surface area contributed by atoms with Crippen molar-refractivity contribution in [1.29, 1.82) is 0 Å². The minimum atomic E-state index is -4.43. The summed E-state index contributed by atoms with van der Waals surface area (Å²) in [6, 6.07) is 3.67. The lowest BCUT2D eigenvalue weighted by molar-refractivity contribution is -0.137. The smallest absolute Gasteiger partial charge is 0.324 e. The van der Waals surface area contributed by atoms with Crippen molar-refractivity contribution >= 4 is 11.6 Å². The van der Waals surface area contributed by atoms with Crippen molar-refractivity contribution in [1.82, 2.24) is 0 Å². The maximum atomic E-state index is 12.8. The van der Waals surface area contributed by atoms with Crippen molar-refractivity contribution < 1.29 is 13.2 Å². The Hall–Kier alpha value is -0.740. The molecule has 1 fully saturated rings. The lowest BCUT2D eigenvalue weighted by atomic mass is 9.81. The van der Waals surface area contributed by atoms with Crippen LogP contribution in [0.25, 0.3) is 0 Å². The molecule has 2 N–H and O–H groups in total. The van der Waals surface area contributed by atoms with Gasteiger partial charge in [0.05, 0.1) is 10.6 Å². The van der Waals surface area contributed by atoms with Gasteiger partial charge in [-0.05, 0) is 36.5 Å². The molecule has 1 aromatic carbocycles. The van der Waals surface area contributed by atoms with Gasteiger partial charge in [0.1, 0.15) is 0 Å². The van der Waals surface area contributed by atoms with E-state index in [1.165, 1.54) is 12.5 Å². The number of hydrogen-bond acceptors (Lipinski definition) is 1. The normalized spacial score (nSPS) is 19.4. The van der Waals surface area contributed by atoms with Crippen LogP contribution in [-0.4, -0.2) is 0 Å². The van der Waals surface area contributed by atoms with Gasteiger partial charge in [0.25, 0.3) is 0 Å². The van der Waals surface area contributed by atoms with Crippen LogP contribution < -0.4 is 5.73 Å². The van der Waals surface area contributed by atoms with E-state index in [9.17, 15) is 13.2 Å². The predicted octanol–water partition coefficient (Wildman–Crippen LogP) is 4.94. The van der Waals surface area contributed by atoms with Crippen LogP contribution in [0, 0.1) is 5.92 Å². The average Bonchev–Trinajstić information content (AvgIpc) is 2.38. The monoisotopic (exact) mass is 291 g/mol. The fraction of sp³-hybridized carbons (Fsp3) is 0.571. The third-order valence-electron chi connectivity index (χ3n) is 3.84. The predicted molar refractivity (Wildman–Crippen MR) is 70.0 cm³/mol. The molecule has 0 saturated heterocycles. The van der Waals surface area contributed by atoms with Crippen LogP contribution in [0.15, 0.2) is 18.2 Å². The summed E-state index contributed by atoms with van der Waals surface area (Å²) in [5.41, 5.74) is 5.86. The fourth-order valence-electron chi connectivity index (χ4n) is 2.73. The van der Waals surface area contributed by atoms with Crippen LogP contribution in [0.5, 0.6) is 0 Å². The van der Waals surface area contributed by atoms with Crippen LogP contribution in [-0.2, 0) is 6.18 Å². The molecule has 19 heavy (non-hydrogen) atoms. The molecule has 1 saturated carbocycles. The summed E-state index contributed by atoms with van der Waals surface area (Å²) in [6.07, 6.45) is 0.962. The number of alkyl halides is 3. The van der Waals surface area contributed by atoms with Crippen LogP contribution in [0.3, 0.4) is 0 Å². The van der Waals surface area contributed by atoms with Gasteiger partial charge >= 0.3 is 6.18 Å². The molecule has 0 amide bonds. The third-order valence-corrected chi connectivity index (χ3v) is 4.17. The molecule has 0 spiro atoms. The maximum absolute atomic E-state index is 12.8. The molecule has 1 aliphatic carbocycles. The SMILES string of the molecule is N[C@@H](c1ccc(Cl)c(C(F)(F)F)c1)C1CCCCC1. The second-order valence-electron chi connectivity index (χ2n) is 5.16. The molecule has 0 unspecified atom stereocenters. The van der Waals surface area contributed by atoms with Crippen molar-refractivity contribution in [3.63, 3.8) is 0 Å². The van der Waals surface area contributed by atoms with E-state index >= 15 is 0 Å². The van der Waals surface area contributed by atoms with Gasteiger partial charge in [-0.2, -0.15) is 13.2 Å². The number of benzene rings is 1. The van der Waals surface area contributed by atoms with Gasteiger partial charge in [-0.25, -0.2) is 0 Å². The first kappa shape index (κ1) is 14.7. The lowest BCUT2D eigenvalue weighted by Gasteiger charge is -2.28. The summed E-state index contributed by atoms with van der Waals surface area (Å²) in [5, 5.41) is -0.271. The van der Waals surface area contributed by atoms with E-state index in [1.54, 1.807) is 6.07 Å². The molecule has 5 heteroatoms. The molecule has 0 radical (unpaired) electrons. The molecular weight excluding hydrogens is 275 g/mol. The first-order chi connectivity index (χ1) is 8.89. The molecular formula is C14H17ClF3N. The second kappa shape index (κ2) is 5.71. The first-order valence-corrected chi connectivity index (χ1v) is 6.89. The highest BCUT2D eigenvalue weighted by Crippen LogP contribution is 2.38. The van der Waals surface area contributed by atoms with Gasteiger partial charge in [-0.3, -0.25) is 0 Å². The molecule has 0 aromatic heterocycles. The molecule has 0 bridgehead atoms. The van der Waals surface area contributed by atoms with Gasteiger partial charge in [0.2, 0.25) is 0 Å². The zero-order valence-electron chi connectivity index (χ0n) is 10.5. The first-order valence-electron chi connectivity index (χ1n) is 6.52. The summed E-state index contributed by atoms with van der Waals surface area (Å²) in [6.45, 7) is 0. The fourth-order valence-corrected chi connectivity index (χ4v) is 2.96. The molecule has 1 atom stereocenters. The minimum absolute atomic E-state index is 0.271. The number of rotatable bonds is 2. The minimum Gasteiger partial charge on any atom is -0.324 e. The Labute approximate surface area is 115 Å². The molecule has 2 rings (SSSR count). The maximum Gasteiger partial charge on any atom is 0.417 e. The van der Waals surface area contributed by atoms with E-state index in [-0.39, 0.29) is 17.0 Å². The third kappa shape index (κ3) is 3.42. The Morgan fingerprint density at radius 1 is 1.16 bits per heavy atom. The highest BCUT2D eigenvalue weighted by Gasteiger charge is 2.34. The van der Waals surface area contributed by atoms with Crippen molar-refractivity contribution in [2.75, 3.05) is 0 Å². The van der Waals surface area contributed by atoms with Gasteiger partial charge in [0, 0.05) is 6.04 Å². The van der Waals surface area contributed by atoms with Gasteiger partial charge in [-0.1, -0.05) is 36.9 Å². The van der Waals surface area contributed by atoms with Crippen LogP contribution in [0.1, 0.15) is 49.3 Å². The topological polar surface area (TPSA) is 26.0 Å². The standard InChI is InChI=1S/C14H17ClF3N/c15-12-7-6-10(8-11(12)14(16,17)18)13(19)9-4-2-1-3-5-9/h6-9,13H,1-5,19H2/t13-/m1/s1. The molecule has 1 aromatic rings. The van der Waals surface area contributed by atoms with E-state index < -0.39 is 11.7 Å². The largest absolute Gasteiger partial charge is 0.417 e.